The normalized spacial score (nSPS) is 12.2. The maximum atomic E-state index is 9.29. The number of rotatable bonds is 4. The second-order valence-electron chi connectivity index (χ2n) is 6.15. The second kappa shape index (κ2) is 9.86. The minimum Gasteiger partial charge on any atom is -0.359 e. The Bertz CT molecular complexity index is 1220. The fourth-order valence-electron chi connectivity index (χ4n) is 2.90. The highest BCUT2D eigenvalue weighted by molar-refractivity contribution is 7.17. The molecule has 0 N–H and O–H groups in total. The Labute approximate surface area is 191 Å². The first-order valence-electron chi connectivity index (χ1n) is 8.91. The van der Waals surface area contributed by atoms with Gasteiger partial charge in [0.25, 0.3) is 0 Å². The topological polar surface area (TPSA) is 175 Å². The van der Waals surface area contributed by atoms with Crippen molar-refractivity contribution in [2.75, 3.05) is 36.0 Å². The summed E-state index contributed by atoms with van der Waals surface area (Å²) in [5.74, 6) is 0. The van der Waals surface area contributed by atoms with Crippen LogP contribution in [0, 0.1) is 68.0 Å². The first kappa shape index (κ1) is 22.0. The van der Waals surface area contributed by atoms with Crippen molar-refractivity contribution in [3.63, 3.8) is 0 Å². The van der Waals surface area contributed by atoms with Gasteiger partial charge in [0.2, 0.25) is 0 Å². The summed E-state index contributed by atoms with van der Waals surface area (Å²) < 4.78 is 0. The molecule has 10 nitrogen and oxygen atoms in total. The number of hydrogen-bond donors (Lipinski definition) is 0. The van der Waals surface area contributed by atoms with Crippen LogP contribution < -0.4 is 9.80 Å². The lowest BCUT2D eigenvalue weighted by atomic mass is 10.2. The molecule has 1 aliphatic rings. The Morgan fingerprint density at radius 3 is 1.25 bits per heavy atom. The second-order valence-corrected chi connectivity index (χ2v) is 8.17. The monoisotopic (exact) mass is 454 g/mol. The van der Waals surface area contributed by atoms with E-state index in [1.54, 1.807) is 36.7 Å². The molecule has 1 saturated heterocycles. The summed E-state index contributed by atoms with van der Waals surface area (Å²) in [5.41, 5.74) is -0.586. The van der Waals surface area contributed by atoms with Crippen LogP contribution in [0.3, 0.4) is 0 Å². The Hall–Kier alpha value is -4.72. The minimum atomic E-state index is -0.263. The van der Waals surface area contributed by atoms with Crippen LogP contribution in [0.4, 0.5) is 10.0 Å². The number of nitriles is 6. The predicted octanol–water partition coefficient (Wildman–Crippen LogP) is 2.57. The van der Waals surface area contributed by atoms with Gasteiger partial charge >= 0.3 is 0 Å². The molecule has 152 valence electrons. The standard InChI is InChI=1S/C20H10N10S2/c21-5-13(6-22)15(9-25)19-27-11-17(31-19)29-1-2-30(4-3-29)18-12-28-20(32-18)16(10-26)14(7-23)8-24/h11-12H,1-4H2. The molecule has 3 rings (SSSR count). The van der Waals surface area contributed by atoms with E-state index < -0.39 is 0 Å². The third-order valence-corrected chi connectivity index (χ3v) is 6.64. The third kappa shape index (κ3) is 4.24. The molecule has 0 spiro atoms. The maximum Gasteiger partial charge on any atom is 0.150 e. The maximum absolute atomic E-state index is 9.29. The number of aromatic nitrogens is 2. The zero-order valence-corrected chi connectivity index (χ0v) is 17.9. The van der Waals surface area contributed by atoms with Gasteiger partial charge < -0.3 is 9.80 Å². The van der Waals surface area contributed by atoms with E-state index in [1.807, 2.05) is 12.1 Å². The number of anilines is 2. The zero-order valence-electron chi connectivity index (χ0n) is 16.3. The van der Waals surface area contributed by atoms with Crippen LogP contribution in [0.15, 0.2) is 23.5 Å². The molecule has 2 aromatic rings. The Balaban J connectivity index is 1.73. The quantitative estimate of drug-likeness (QED) is 0.624. The van der Waals surface area contributed by atoms with Crippen LogP contribution >= 0.6 is 22.7 Å². The van der Waals surface area contributed by atoms with Gasteiger partial charge in [0.05, 0.1) is 12.4 Å². The van der Waals surface area contributed by atoms with E-state index in [0.717, 1.165) is 10.0 Å². The van der Waals surface area contributed by atoms with Crippen molar-refractivity contribution in [1.29, 1.82) is 31.6 Å². The van der Waals surface area contributed by atoms with Crippen LogP contribution in [-0.2, 0) is 0 Å². The summed E-state index contributed by atoms with van der Waals surface area (Å²) in [6.07, 6.45) is 3.25. The van der Waals surface area contributed by atoms with Gasteiger partial charge in [-0.15, -0.1) is 0 Å². The predicted molar refractivity (Wildman–Crippen MR) is 116 cm³/mol. The van der Waals surface area contributed by atoms with E-state index in [9.17, 15) is 10.5 Å². The highest BCUT2D eigenvalue weighted by atomic mass is 32.1. The van der Waals surface area contributed by atoms with Crippen molar-refractivity contribution in [1.82, 2.24) is 9.97 Å². The smallest absolute Gasteiger partial charge is 0.150 e. The molecule has 32 heavy (non-hydrogen) atoms. The largest absolute Gasteiger partial charge is 0.359 e. The molecule has 0 amide bonds. The number of nitrogens with zero attached hydrogens (tertiary/aromatic N) is 10. The summed E-state index contributed by atoms with van der Waals surface area (Å²) >= 11 is 2.50. The lowest BCUT2D eigenvalue weighted by Gasteiger charge is -2.35. The van der Waals surface area contributed by atoms with E-state index >= 15 is 0 Å². The molecule has 2 aromatic heterocycles. The summed E-state index contributed by atoms with van der Waals surface area (Å²) in [7, 11) is 0. The summed E-state index contributed by atoms with van der Waals surface area (Å²) in [5, 5.41) is 57.0. The van der Waals surface area contributed by atoms with Crippen LogP contribution in [0.2, 0.25) is 0 Å². The van der Waals surface area contributed by atoms with Gasteiger partial charge in [-0.3, -0.25) is 0 Å². The molecule has 3 heterocycles. The van der Waals surface area contributed by atoms with Crippen molar-refractivity contribution >= 4 is 43.8 Å². The summed E-state index contributed by atoms with van der Waals surface area (Å²) in [6, 6.07) is 10.6. The van der Waals surface area contributed by atoms with E-state index in [1.165, 1.54) is 22.7 Å². The van der Waals surface area contributed by atoms with Crippen molar-refractivity contribution < 1.29 is 0 Å². The number of hydrogen-bond acceptors (Lipinski definition) is 12. The Morgan fingerprint density at radius 2 is 0.969 bits per heavy atom. The first-order chi connectivity index (χ1) is 15.6. The van der Waals surface area contributed by atoms with Crippen LogP contribution in [0.1, 0.15) is 10.0 Å². The number of piperazine rings is 1. The highest BCUT2D eigenvalue weighted by Crippen LogP contribution is 2.33. The van der Waals surface area contributed by atoms with Crippen LogP contribution in [0.5, 0.6) is 0 Å². The van der Waals surface area contributed by atoms with Gasteiger partial charge in [-0.05, 0) is 0 Å². The van der Waals surface area contributed by atoms with Crippen LogP contribution in [-0.4, -0.2) is 36.1 Å². The Morgan fingerprint density at radius 1 is 0.625 bits per heavy atom. The molecule has 1 aliphatic heterocycles. The molecule has 12 heteroatoms. The SMILES string of the molecule is N#CC(C#N)=C(C#N)c1ncc(N2CCN(c3cnc(C(C#N)=C(C#N)C#N)s3)CC2)s1. The van der Waals surface area contributed by atoms with E-state index in [2.05, 4.69) is 19.8 Å². The molecule has 0 radical (unpaired) electrons. The summed E-state index contributed by atoms with van der Waals surface area (Å²) in [6.45, 7) is 2.64. The lowest BCUT2D eigenvalue weighted by Crippen LogP contribution is -2.46. The lowest BCUT2D eigenvalue weighted by molar-refractivity contribution is 0.660. The van der Waals surface area contributed by atoms with Crippen molar-refractivity contribution in [3.05, 3.63) is 33.6 Å². The Kier molecular flexibility index (Phi) is 6.77. The first-order valence-corrected chi connectivity index (χ1v) is 10.5. The summed E-state index contributed by atoms with van der Waals surface area (Å²) in [4.78, 5) is 12.6. The fraction of sp³-hybridized carbons (Fsp3) is 0.200. The molecule has 0 unspecified atom stereocenters. The van der Waals surface area contributed by atoms with Crippen LogP contribution in [0.25, 0.3) is 11.1 Å². The number of thiazole rings is 2. The molecule has 0 aliphatic carbocycles. The van der Waals surface area contributed by atoms with Gasteiger partial charge in [0.1, 0.15) is 78.7 Å². The highest BCUT2D eigenvalue weighted by Gasteiger charge is 2.23. The van der Waals surface area contributed by atoms with Gasteiger partial charge in [-0.25, -0.2) is 9.97 Å². The third-order valence-electron chi connectivity index (χ3n) is 4.49. The van der Waals surface area contributed by atoms with E-state index in [0.29, 0.717) is 36.2 Å². The van der Waals surface area contributed by atoms with Gasteiger partial charge in [-0.1, -0.05) is 22.7 Å². The minimum absolute atomic E-state index is 0.0301. The van der Waals surface area contributed by atoms with E-state index in [4.69, 9.17) is 21.0 Å². The van der Waals surface area contributed by atoms with Crippen molar-refractivity contribution in [2.24, 2.45) is 0 Å². The molecule has 1 fully saturated rings. The van der Waals surface area contributed by atoms with Crippen molar-refractivity contribution in [3.8, 4) is 36.4 Å². The molecule has 0 aromatic carbocycles. The average molecular weight is 455 g/mol. The number of allylic oxidation sites excluding steroid dienone is 4. The molecule has 0 atom stereocenters. The molecule has 0 bridgehead atoms. The molecule has 0 saturated carbocycles. The zero-order chi connectivity index (χ0) is 23.1. The van der Waals surface area contributed by atoms with Gasteiger partial charge in [0, 0.05) is 26.2 Å². The van der Waals surface area contributed by atoms with Gasteiger partial charge in [0.15, 0.2) is 0 Å². The molecular formula is C20H10N10S2. The van der Waals surface area contributed by atoms with E-state index in [-0.39, 0.29) is 22.3 Å². The van der Waals surface area contributed by atoms with Crippen molar-refractivity contribution in [2.45, 2.75) is 0 Å². The average Bonchev–Trinajstić information content (AvgIpc) is 3.51. The fourth-order valence-corrected chi connectivity index (χ4v) is 4.84. The molecular weight excluding hydrogens is 444 g/mol. The van der Waals surface area contributed by atoms with Gasteiger partial charge in [-0.2, -0.15) is 31.6 Å².